The van der Waals surface area contributed by atoms with Gasteiger partial charge in [0.2, 0.25) is 0 Å². The van der Waals surface area contributed by atoms with E-state index < -0.39 is 8.25 Å². The molecule has 1 N–H and O–H groups in total. The van der Waals surface area contributed by atoms with Crippen LogP contribution in [0, 0.1) is 0 Å². The SMILES string of the molecule is CCCCCCCCCCc1ccc(O[P+](=O)O)cc1. The number of aryl methyl sites for hydroxylation is 1. The van der Waals surface area contributed by atoms with Gasteiger partial charge in [-0.25, -0.2) is 4.52 Å². The van der Waals surface area contributed by atoms with Crippen molar-refractivity contribution in [3.63, 3.8) is 0 Å². The van der Waals surface area contributed by atoms with Gasteiger partial charge >= 0.3 is 8.25 Å². The van der Waals surface area contributed by atoms with Crippen LogP contribution in [0.15, 0.2) is 24.3 Å². The second-order valence-corrected chi connectivity index (χ2v) is 5.86. The van der Waals surface area contributed by atoms with Gasteiger partial charge in [0.25, 0.3) is 0 Å². The fourth-order valence-electron chi connectivity index (χ4n) is 2.27. The molecule has 20 heavy (non-hydrogen) atoms. The van der Waals surface area contributed by atoms with Crippen molar-refractivity contribution in [2.24, 2.45) is 0 Å². The first-order valence-corrected chi connectivity index (χ1v) is 8.78. The lowest BCUT2D eigenvalue weighted by atomic mass is 10.0. The molecule has 0 saturated carbocycles. The molecule has 0 fully saturated rings. The Morgan fingerprint density at radius 1 is 0.950 bits per heavy atom. The Labute approximate surface area is 123 Å². The van der Waals surface area contributed by atoms with Crippen molar-refractivity contribution in [1.82, 2.24) is 0 Å². The highest BCUT2D eigenvalue weighted by molar-refractivity contribution is 7.32. The summed E-state index contributed by atoms with van der Waals surface area (Å²) in [6, 6.07) is 7.44. The smallest absolute Gasteiger partial charge is 0.229 e. The van der Waals surface area contributed by atoms with Crippen LogP contribution in [0.1, 0.15) is 63.9 Å². The van der Waals surface area contributed by atoms with Gasteiger partial charge in [0.15, 0.2) is 5.75 Å². The van der Waals surface area contributed by atoms with Crippen LogP contribution in [0.25, 0.3) is 0 Å². The third-order valence-electron chi connectivity index (χ3n) is 3.43. The van der Waals surface area contributed by atoms with E-state index in [4.69, 9.17) is 9.42 Å². The summed E-state index contributed by atoms with van der Waals surface area (Å²) in [5.74, 6) is 0.452. The number of unbranched alkanes of at least 4 members (excludes halogenated alkanes) is 7. The van der Waals surface area contributed by atoms with E-state index in [-0.39, 0.29) is 0 Å². The first kappa shape index (κ1) is 17.1. The molecule has 0 radical (unpaired) electrons. The maximum absolute atomic E-state index is 10.5. The predicted octanol–water partition coefficient (Wildman–Crippen LogP) is 5.40. The van der Waals surface area contributed by atoms with Crippen molar-refractivity contribution in [2.45, 2.75) is 64.7 Å². The van der Waals surface area contributed by atoms with Crippen molar-refractivity contribution >= 4 is 8.25 Å². The minimum absolute atomic E-state index is 0.452. The molecule has 1 rings (SSSR count). The Balaban J connectivity index is 2.08. The molecular formula is C16H26O3P+. The van der Waals surface area contributed by atoms with Gasteiger partial charge in [0.05, 0.1) is 0 Å². The summed E-state index contributed by atoms with van der Waals surface area (Å²) in [5.41, 5.74) is 1.26. The van der Waals surface area contributed by atoms with Crippen molar-refractivity contribution in [3.05, 3.63) is 29.8 Å². The van der Waals surface area contributed by atoms with Gasteiger partial charge in [0, 0.05) is 4.57 Å². The van der Waals surface area contributed by atoms with Crippen LogP contribution in [0.2, 0.25) is 0 Å². The zero-order valence-corrected chi connectivity index (χ0v) is 13.3. The molecule has 0 amide bonds. The van der Waals surface area contributed by atoms with Crippen LogP contribution in [0.3, 0.4) is 0 Å². The Morgan fingerprint density at radius 2 is 1.50 bits per heavy atom. The summed E-state index contributed by atoms with van der Waals surface area (Å²) in [6.07, 6.45) is 11.7. The molecule has 0 aliphatic rings. The molecule has 0 bridgehead atoms. The average molecular weight is 297 g/mol. The molecule has 0 spiro atoms. The monoisotopic (exact) mass is 297 g/mol. The first-order chi connectivity index (χ1) is 9.72. The summed E-state index contributed by atoms with van der Waals surface area (Å²) < 4.78 is 15.2. The second kappa shape index (κ2) is 10.8. The number of rotatable bonds is 11. The minimum atomic E-state index is -2.56. The van der Waals surface area contributed by atoms with Crippen LogP contribution in [-0.4, -0.2) is 4.89 Å². The van der Waals surface area contributed by atoms with Gasteiger partial charge in [-0.1, -0.05) is 64.0 Å². The molecule has 1 aromatic carbocycles. The van der Waals surface area contributed by atoms with Crippen molar-refractivity contribution in [3.8, 4) is 5.75 Å². The first-order valence-electron chi connectivity index (χ1n) is 7.65. The molecule has 1 unspecified atom stereocenters. The third kappa shape index (κ3) is 8.29. The highest BCUT2D eigenvalue weighted by Gasteiger charge is 2.13. The van der Waals surface area contributed by atoms with Gasteiger partial charge in [-0.2, -0.15) is 0 Å². The minimum Gasteiger partial charge on any atom is -0.229 e. The number of hydrogen-bond donors (Lipinski definition) is 1. The van der Waals surface area contributed by atoms with Gasteiger partial charge in [-0.05, 0) is 30.5 Å². The zero-order chi connectivity index (χ0) is 14.6. The van der Waals surface area contributed by atoms with Crippen LogP contribution >= 0.6 is 8.25 Å². The molecular weight excluding hydrogens is 271 g/mol. The molecule has 0 aliphatic carbocycles. The average Bonchev–Trinajstić information content (AvgIpc) is 2.43. The Bertz CT molecular complexity index is 376. The van der Waals surface area contributed by atoms with Gasteiger partial charge in [-0.3, -0.25) is 0 Å². The van der Waals surface area contributed by atoms with E-state index in [0.29, 0.717) is 5.75 Å². The summed E-state index contributed by atoms with van der Waals surface area (Å²) >= 11 is 0. The Kier molecular flexibility index (Phi) is 9.27. The van der Waals surface area contributed by atoms with Crippen LogP contribution in [0.4, 0.5) is 0 Å². The Hall–Kier alpha value is -0.920. The Morgan fingerprint density at radius 3 is 2.05 bits per heavy atom. The van der Waals surface area contributed by atoms with E-state index >= 15 is 0 Å². The quantitative estimate of drug-likeness (QED) is 0.439. The molecule has 4 heteroatoms. The molecule has 0 aliphatic heterocycles. The molecule has 112 valence electrons. The maximum Gasteiger partial charge on any atom is 0.747 e. The summed E-state index contributed by atoms with van der Waals surface area (Å²) in [5, 5.41) is 0. The molecule has 0 aromatic heterocycles. The largest absolute Gasteiger partial charge is 0.747 e. The van der Waals surface area contributed by atoms with E-state index in [1.54, 1.807) is 12.1 Å². The third-order valence-corrected chi connectivity index (χ3v) is 3.79. The van der Waals surface area contributed by atoms with Crippen LogP contribution < -0.4 is 4.52 Å². The lowest BCUT2D eigenvalue weighted by Crippen LogP contribution is -1.87. The normalized spacial score (nSPS) is 11.4. The molecule has 1 atom stereocenters. The second-order valence-electron chi connectivity index (χ2n) is 5.20. The maximum atomic E-state index is 10.5. The highest BCUT2D eigenvalue weighted by atomic mass is 31.1. The standard InChI is InChI=1S/C16H25O3P/c1-2-3-4-5-6-7-8-9-10-15-11-13-16(14-12-15)19-20(17)18/h11-14H,2-10H2,1H3/p+1. The van der Waals surface area contributed by atoms with Crippen molar-refractivity contribution in [1.29, 1.82) is 0 Å². The van der Waals surface area contributed by atoms with Gasteiger partial charge < -0.3 is 0 Å². The number of hydrogen-bond acceptors (Lipinski definition) is 2. The van der Waals surface area contributed by atoms with Gasteiger partial charge in [0.1, 0.15) is 0 Å². The fourth-order valence-corrected chi connectivity index (χ4v) is 2.57. The zero-order valence-electron chi connectivity index (χ0n) is 12.4. The fraction of sp³-hybridized carbons (Fsp3) is 0.625. The molecule has 0 heterocycles. The highest BCUT2D eigenvalue weighted by Crippen LogP contribution is 2.23. The van der Waals surface area contributed by atoms with E-state index in [9.17, 15) is 4.57 Å². The summed E-state index contributed by atoms with van der Waals surface area (Å²) in [4.78, 5) is 8.64. The molecule has 3 nitrogen and oxygen atoms in total. The number of benzene rings is 1. The van der Waals surface area contributed by atoms with Crippen LogP contribution in [-0.2, 0) is 11.0 Å². The summed E-state index contributed by atoms with van der Waals surface area (Å²) in [7, 11) is -2.56. The molecule has 0 saturated heterocycles. The van der Waals surface area contributed by atoms with E-state index in [1.165, 1.54) is 56.9 Å². The topological polar surface area (TPSA) is 46.5 Å². The molecule has 1 aromatic rings. The van der Waals surface area contributed by atoms with E-state index in [0.717, 1.165) is 6.42 Å². The lowest BCUT2D eigenvalue weighted by molar-refractivity contribution is 0.410. The summed E-state index contributed by atoms with van der Waals surface area (Å²) in [6.45, 7) is 2.25. The van der Waals surface area contributed by atoms with E-state index in [1.807, 2.05) is 12.1 Å². The van der Waals surface area contributed by atoms with Gasteiger partial charge in [-0.15, -0.1) is 4.89 Å². The predicted molar refractivity (Wildman–Crippen MR) is 83.2 cm³/mol. The van der Waals surface area contributed by atoms with E-state index in [2.05, 4.69) is 6.92 Å². The lowest BCUT2D eigenvalue weighted by Gasteiger charge is -2.03. The van der Waals surface area contributed by atoms with Crippen molar-refractivity contribution < 1.29 is 14.0 Å². The van der Waals surface area contributed by atoms with Crippen LogP contribution in [0.5, 0.6) is 5.75 Å². The van der Waals surface area contributed by atoms with Crippen molar-refractivity contribution in [2.75, 3.05) is 0 Å².